The van der Waals surface area contributed by atoms with Gasteiger partial charge in [0, 0.05) is 30.6 Å². The van der Waals surface area contributed by atoms with Crippen molar-refractivity contribution < 1.29 is 14.2 Å². The van der Waals surface area contributed by atoms with Crippen molar-refractivity contribution in [3.63, 3.8) is 0 Å². The Balaban J connectivity index is 1.34. The highest BCUT2D eigenvalue weighted by Crippen LogP contribution is 2.37. The van der Waals surface area contributed by atoms with E-state index in [1.807, 2.05) is 6.07 Å². The minimum absolute atomic E-state index is 0.224. The van der Waals surface area contributed by atoms with Crippen LogP contribution in [0, 0.1) is 13.8 Å². The maximum atomic E-state index is 5.82. The number of nitrogens with zero attached hydrogens (tertiary/aromatic N) is 3. The van der Waals surface area contributed by atoms with Crippen LogP contribution in [0.5, 0.6) is 11.5 Å². The number of aliphatic imine (C=N–C) groups is 1. The molecule has 6 nitrogen and oxygen atoms in total. The monoisotopic (exact) mass is 461 g/mol. The van der Waals surface area contributed by atoms with Gasteiger partial charge in [0.05, 0.1) is 18.2 Å². The number of thioether (sulfide) groups is 1. The van der Waals surface area contributed by atoms with E-state index in [-0.39, 0.29) is 12.9 Å². The highest BCUT2D eigenvalue weighted by Gasteiger charge is 2.26. The van der Waals surface area contributed by atoms with Gasteiger partial charge < -0.3 is 19.1 Å². The summed E-state index contributed by atoms with van der Waals surface area (Å²) in [6, 6.07) is 12.9. The Morgan fingerprint density at radius 1 is 1.12 bits per heavy atom. The fraction of sp³-hybridized carbons (Fsp3) is 0.385. The Hall–Kier alpha value is -2.77. The van der Waals surface area contributed by atoms with E-state index < -0.39 is 0 Å². The van der Waals surface area contributed by atoms with Gasteiger partial charge in [0.2, 0.25) is 6.79 Å². The van der Waals surface area contributed by atoms with Crippen LogP contribution < -0.4 is 9.47 Å². The van der Waals surface area contributed by atoms with Crippen molar-refractivity contribution in [1.82, 2.24) is 9.88 Å². The summed E-state index contributed by atoms with van der Waals surface area (Å²) in [5.74, 6) is 1.62. The van der Waals surface area contributed by atoms with Gasteiger partial charge >= 0.3 is 0 Å². The Morgan fingerprint density at radius 3 is 2.91 bits per heavy atom. The van der Waals surface area contributed by atoms with Crippen LogP contribution in [0.3, 0.4) is 0 Å². The molecule has 0 spiro atoms. The van der Waals surface area contributed by atoms with E-state index >= 15 is 0 Å². The number of fused-ring (bicyclic) bond motifs is 3. The van der Waals surface area contributed by atoms with Crippen molar-refractivity contribution in [1.29, 1.82) is 0 Å². The molecule has 6 rings (SSSR count). The lowest BCUT2D eigenvalue weighted by molar-refractivity contribution is 0.117. The summed E-state index contributed by atoms with van der Waals surface area (Å²) in [6.07, 6.45) is 2.43. The number of amidine groups is 1. The lowest BCUT2D eigenvalue weighted by Crippen LogP contribution is -2.32. The second-order valence-corrected chi connectivity index (χ2v) is 9.96. The maximum absolute atomic E-state index is 5.82. The second-order valence-electron chi connectivity index (χ2n) is 9.01. The van der Waals surface area contributed by atoms with Gasteiger partial charge in [0.15, 0.2) is 16.7 Å². The number of benzene rings is 2. The highest BCUT2D eigenvalue weighted by molar-refractivity contribution is 8.13. The standard InChI is InChI=1S/C26H27N3O3S/c1-16-8-17(2)21-11-19-14-29(13-18-5-6-23-24(10-18)32-15-31-23)26(27-12-20-4-3-7-30-20)33-25(19)28-22(21)9-16/h5-6,8-11,20H,3-4,7,12-15H2,1-2H3/t20-/m1/s1. The van der Waals surface area contributed by atoms with Gasteiger partial charge in [-0.2, -0.15) is 0 Å². The molecule has 0 aliphatic carbocycles. The lowest BCUT2D eigenvalue weighted by atomic mass is 10.0. The summed E-state index contributed by atoms with van der Waals surface area (Å²) in [7, 11) is 0. The van der Waals surface area contributed by atoms with Crippen LogP contribution in [0.15, 0.2) is 46.4 Å². The van der Waals surface area contributed by atoms with Crippen molar-refractivity contribution >= 4 is 27.8 Å². The zero-order valence-electron chi connectivity index (χ0n) is 19.0. The third-order valence-electron chi connectivity index (χ3n) is 6.41. The lowest BCUT2D eigenvalue weighted by Gasteiger charge is -2.31. The Morgan fingerprint density at radius 2 is 2.03 bits per heavy atom. The van der Waals surface area contributed by atoms with Crippen molar-refractivity contribution in [2.75, 3.05) is 19.9 Å². The van der Waals surface area contributed by atoms with Crippen LogP contribution in [0.4, 0.5) is 0 Å². The van der Waals surface area contributed by atoms with Crippen LogP contribution in [0.1, 0.15) is 35.1 Å². The molecule has 0 saturated carbocycles. The predicted molar refractivity (Wildman–Crippen MR) is 130 cm³/mol. The van der Waals surface area contributed by atoms with Gasteiger partial charge in [-0.3, -0.25) is 4.99 Å². The molecule has 0 radical (unpaired) electrons. The molecular weight excluding hydrogens is 434 g/mol. The quantitative estimate of drug-likeness (QED) is 0.531. The van der Waals surface area contributed by atoms with Crippen LogP contribution in [0.25, 0.3) is 10.9 Å². The van der Waals surface area contributed by atoms with E-state index in [1.165, 1.54) is 27.6 Å². The third-order valence-corrected chi connectivity index (χ3v) is 7.53. The molecule has 3 aliphatic heterocycles. The van der Waals surface area contributed by atoms with Crippen molar-refractivity contribution in [2.24, 2.45) is 4.99 Å². The fourth-order valence-electron chi connectivity index (χ4n) is 4.76. The highest BCUT2D eigenvalue weighted by atomic mass is 32.2. The Bertz CT molecular complexity index is 1250. The Kier molecular flexibility index (Phi) is 5.38. The van der Waals surface area contributed by atoms with E-state index in [0.717, 1.165) is 59.7 Å². The molecule has 7 heteroatoms. The zero-order valence-corrected chi connectivity index (χ0v) is 19.8. The summed E-state index contributed by atoms with van der Waals surface area (Å²) in [5, 5.41) is 3.29. The van der Waals surface area contributed by atoms with E-state index in [2.05, 4.69) is 49.1 Å². The third kappa shape index (κ3) is 4.15. The minimum atomic E-state index is 0.224. The zero-order chi connectivity index (χ0) is 22.4. The Labute approximate surface area is 198 Å². The van der Waals surface area contributed by atoms with Crippen molar-refractivity contribution in [2.45, 2.75) is 50.9 Å². The second kappa shape index (κ2) is 8.54. The molecule has 0 amide bonds. The van der Waals surface area contributed by atoms with E-state index in [1.54, 1.807) is 11.8 Å². The van der Waals surface area contributed by atoms with Gasteiger partial charge in [-0.25, -0.2) is 4.98 Å². The summed E-state index contributed by atoms with van der Waals surface area (Å²) in [5.41, 5.74) is 5.99. The van der Waals surface area contributed by atoms with E-state index in [9.17, 15) is 0 Å². The molecule has 0 bridgehead atoms. The van der Waals surface area contributed by atoms with Gasteiger partial charge in [-0.1, -0.05) is 12.1 Å². The van der Waals surface area contributed by atoms with Crippen molar-refractivity contribution in [3.05, 3.63) is 58.7 Å². The predicted octanol–water partition coefficient (Wildman–Crippen LogP) is 5.22. The normalized spacial score (nSPS) is 20.6. The number of pyridine rings is 1. The molecule has 0 N–H and O–H groups in total. The molecule has 0 unspecified atom stereocenters. The molecule has 1 aromatic heterocycles. The maximum Gasteiger partial charge on any atom is 0.231 e. The molecule has 2 aromatic carbocycles. The first-order valence-electron chi connectivity index (χ1n) is 11.5. The van der Waals surface area contributed by atoms with Gasteiger partial charge in [-0.05, 0) is 79.4 Å². The minimum Gasteiger partial charge on any atom is -0.454 e. The van der Waals surface area contributed by atoms with E-state index in [4.69, 9.17) is 24.2 Å². The van der Waals surface area contributed by atoms with Crippen LogP contribution >= 0.6 is 11.8 Å². The molecular formula is C26H27N3O3S. The van der Waals surface area contributed by atoms with Crippen LogP contribution in [0.2, 0.25) is 0 Å². The van der Waals surface area contributed by atoms with Gasteiger partial charge in [0.1, 0.15) is 5.03 Å². The average Bonchev–Trinajstić information content (AvgIpc) is 3.48. The van der Waals surface area contributed by atoms with Gasteiger partial charge in [0.25, 0.3) is 0 Å². The number of hydrogen-bond donors (Lipinski definition) is 0. The SMILES string of the molecule is Cc1cc(C)c2cc3c(nc2c1)SC(=NC[C@H]1CCCO1)N(Cc1ccc2c(c1)OCO2)C3. The molecule has 33 heavy (non-hydrogen) atoms. The first-order chi connectivity index (χ1) is 16.1. The molecule has 170 valence electrons. The first kappa shape index (κ1) is 20.8. The van der Waals surface area contributed by atoms with Crippen LogP contribution in [-0.4, -0.2) is 41.1 Å². The number of aryl methyl sites for hydroxylation is 2. The molecule has 3 aromatic rings. The smallest absolute Gasteiger partial charge is 0.231 e. The largest absolute Gasteiger partial charge is 0.454 e. The van der Waals surface area contributed by atoms with Crippen LogP contribution in [-0.2, 0) is 17.8 Å². The molecule has 1 saturated heterocycles. The summed E-state index contributed by atoms with van der Waals surface area (Å²) in [6.45, 7) is 7.65. The topological polar surface area (TPSA) is 56.2 Å². The summed E-state index contributed by atoms with van der Waals surface area (Å²) < 4.78 is 16.9. The summed E-state index contributed by atoms with van der Waals surface area (Å²) >= 11 is 1.67. The number of hydrogen-bond acceptors (Lipinski definition) is 6. The number of ether oxygens (including phenoxy) is 3. The fourth-order valence-corrected chi connectivity index (χ4v) is 5.73. The number of aromatic nitrogens is 1. The average molecular weight is 462 g/mol. The van der Waals surface area contributed by atoms with Gasteiger partial charge in [-0.15, -0.1) is 0 Å². The summed E-state index contributed by atoms with van der Waals surface area (Å²) in [4.78, 5) is 12.4. The molecule has 1 fully saturated rings. The van der Waals surface area contributed by atoms with Crippen molar-refractivity contribution in [3.8, 4) is 11.5 Å². The molecule has 4 heterocycles. The molecule has 3 aliphatic rings. The first-order valence-corrected chi connectivity index (χ1v) is 12.3. The van der Waals surface area contributed by atoms with E-state index in [0.29, 0.717) is 6.54 Å². The number of rotatable bonds is 4. The molecule has 1 atom stereocenters.